The lowest BCUT2D eigenvalue weighted by Gasteiger charge is -2.28. The summed E-state index contributed by atoms with van der Waals surface area (Å²) in [5.41, 5.74) is 2.05. The molecule has 2 saturated heterocycles. The molecule has 1 aromatic heterocycles. The van der Waals surface area contributed by atoms with Gasteiger partial charge in [0.25, 0.3) is 0 Å². The van der Waals surface area contributed by atoms with Gasteiger partial charge < -0.3 is 15.2 Å². The van der Waals surface area contributed by atoms with Crippen molar-refractivity contribution in [2.45, 2.75) is 64.5 Å². The highest BCUT2D eigenvalue weighted by Crippen LogP contribution is 2.32. The molecule has 22 heavy (non-hydrogen) atoms. The summed E-state index contributed by atoms with van der Waals surface area (Å²) in [6.45, 7) is 4.53. The molecule has 2 atom stereocenters. The largest absolute Gasteiger partial charge is 0.361 e. The maximum Gasteiger partial charge on any atom is 0.220 e. The Balaban J connectivity index is 0.00000176. The first-order valence-electron chi connectivity index (χ1n) is 8.06. The Hall–Kier alpha value is -1.07. The first kappa shape index (κ1) is 17.3. The predicted molar refractivity (Wildman–Crippen MR) is 87.2 cm³/mol. The van der Waals surface area contributed by atoms with Crippen LogP contribution in [0.25, 0.3) is 0 Å². The first-order valence-corrected chi connectivity index (χ1v) is 8.06. The molecule has 2 unspecified atom stereocenters. The van der Waals surface area contributed by atoms with E-state index in [1.54, 1.807) is 0 Å². The number of hydrogen-bond acceptors (Lipinski definition) is 4. The predicted octanol–water partition coefficient (Wildman–Crippen LogP) is 2.29. The fraction of sp³-hybridized carbons (Fsp3) is 0.750. The topological polar surface area (TPSA) is 67.2 Å². The van der Waals surface area contributed by atoms with E-state index >= 15 is 0 Å². The molecule has 0 radical (unpaired) electrons. The van der Waals surface area contributed by atoms with E-state index in [-0.39, 0.29) is 18.3 Å². The quantitative estimate of drug-likeness (QED) is 0.870. The first-order chi connectivity index (χ1) is 10.1. The van der Waals surface area contributed by atoms with Gasteiger partial charge in [-0.25, -0.2) is 0 Å². The van der Waals surface area contributed by atoms with Gasteiger partial charge in [0.1, 0.15) is 5.76 Å². The summed E-state index contributed by atoms with van der Waals surface area (Å²) in [6.07, 6.45) is 6.37. The van der Waals surface area contributed by atoms with Gasteiger partial charge in [0.05, 0.1) is 5.69 Å². The average molecular weight is 328 g/mol. The number of fused-ring (bicyclic) bond motifs is 2. The van der Waals surface area contributed by atoms with Gasteiger partial charge in [-0.3, -0.25) is 4.79 Å². The van der Waals surface area contributed by atoms with Gasteiger partial charge in [-0.2, -0.15) is 0 Å². The summed E-state index contributed by atoms with van der Waals surface area (Å²) < 4.78 is 5.14. The zero-order valence-corrected chi connectivity index (χ0v) is 14.2. The van der Waals surface area contributed by atoms with E-state index in [0.717, 1.165) is 36.3 Å². The van der Waals surface area contributed by atoms with Crippen molar-refractivity contribution in [1.29, 1.82) is 0 Å². The summed E-state index contributed by atoms with van der Waals surface area (Å²) in [6, 6.07) is 1.31. The molecule has 1 amide bonds. The van der Waals surface area contributed by atoms with Crippen molar-refractivity contribution in [3.8, 4) is 0 Å². The van der Waals surface area contributed by atoms with Crippen LogP contribution in [-0.2, 0) is 11.2 Å². The van der Waals surface area contributed by atoms with Gasteiger partial charge in [0, 0.05) is 30.6 Å². The number of halogens is 1. The van der Waals surface area contributed by atoms with E-state index in [4.69, 9.17) is 4.52 Å². The van der Waals surface area contributed by atoms with Crippen LogP contribution >= 0.6 is 12.4 Å². The molecule has 2 aliphatic heterocycles. The lowest BCUT2D eigenvalue weighted by molar-refractivity contribution is -0.122. The Labute approximate surface area is 138 Å². The Morgan fingerprint density at radius 2 is 2.00 bits per heavy atom. The van der Waals surface area contributed by atoms with Crippen LogP contribution in [0.2, 0.25) is 0 Å². The number of carbonyl (C=O) groups is 1. The highest BCUT2D eigenvalue weighted by Gasteiger charge is 2.34. The number of carbonyl (C=O) groups excluding carboxylic acids is 1. The Kier molecular flexibility index (Phi) is 5.87. The van der Waals surface area contributed by atoms with Gasteiger partial charge >= 0.3 is 0 Å². The van der Waals surface area contributed by atoms with Crippen LogP contribution < -0.4 is 10.6 Å². The Bertz CT molecular complexity index is 486. The van der Waals surface area contributed by atoms with E-state index < -0.39 is 0 Å². The SMILES string of the molecule is Cc1noc(C)c1CCNC(=O)CC1CC2CCC(C1)N2.Cl. The second-order valence-electron chi connectivity index (χ2n) is 6.58. The molecule has 1 aromatic rings. The monoisotopic (exact) mass is 327 g/mol. The third kappa shape index (κ3) is 4.02. The van der Waals surface area contributed by atoms with Crippen LogP contribution in [0, 0.1) is 19.8 Å². The van der Waals surface area contributed by atoms with Crippen molar-refractivity contribution in [2.24, 2.45) is 5.92 Å². The molecular weight excluding hydrogens is 302 g/mol. The molecule has 0 aromatic carbocycles. The van der Waals surface area contributed by atoms with Gasteiger partial charge in [-0.05, 0) is 51.9 Å². The van der Waals surface area contributed by atoms with Crippen molar-refractivity contribution in [2.75, 3.05) is 6.54 Å². The van der Waals surface area contributed by atoms with Crippen LogP contribution in [-0.4, -0.2) is 29.7 Å². The standard InChI is InChI=1S/C16H25N3O2.ClH/c1-10-15(11(2)21-19-10)5-6-17-16(20)9-12-7-13-3-4-14(8-12)18-13;/h12-14,18H,3-9H2,1-2H3,(H,17,20);1H. The minimum atomic E-state index is 0. The van der Waals surface area contributed by atoms with E-state index in [9.17, 15) is 4.79 Å². The highest BCUT2D eigenvalue weighted by molar-refractivity contribution is 5.85. The Morgan fingerprint density at radius 1 is 1.32 bits per heavy atom. The fourth-order valence-corrected chi connectivity index (χ4v) is 3.86. The summed E-state index contributed by atoms with van der Waals surface area (Å²) in [5, 5.41) is 10.6. The van der Waals surface area contributed by atoms with Crippen molar-refractivity contribution < 1.29 is 9.32 Å². The number of aromatic nitrogens is 1. The molecule has 6 heteroatoms. The van der Waals surface area contributed by atoms with Crippen molar-refractivity contribution in [3.63, 3.8) is 0 Å². The number of nitrogens with one attached hydrogen (secondary N) is 2. The molecule has 0 saturated carbocycles. The smallest absolute Gasteiger partial charge is 0.220 e. The second kappa shape index (κ2) is 7.47. The van der Waals surface area contributed by atoms with E-state index in [1.807, 2.05) is 13.8 Å². The minimum Gasteiger partial charge on any atom is -0.361 e. The van der Waals surface area contributed by atoms with Gasteiger partial charge in [-0.15, -0.1) is 12.4 Å². The van der Waals surface area contributed by atoms with Gasteiger partial charge in [-0.1, -0.05) is 5.16 Å². The maximum atomic E-state index is 12.1. The lowest BCUT2D eigenvalue weighted by Crippen LogP contribution is -2.39. The molecule has 124 valence electrons. The number of amides is 1. The van der Waals surface area contributed by atoms with Crippen LogP contribution in [0.1, 0.15) is 49.1 Å². The number of hydrogen-bond donors (Lipinski definition) is 2. The molecule has 2 fully saturated rings. The molecule has 5 nitrogen and oxygen atoms in total. The normalized spacial score (nSPS) is 26.5. The molecule has 0 aliphatic carbocycles. The summed E-state index contributed by atoms with van der Waals surface area (Å²) in [5.74, 6) is 1.60. The van der Waals surface area contributed by atoms with E-state index in [2.05, 4.69) is 15.8 Å². The molecule has 2 bridgehead atoms. The number of piperidine rings is 1. The molecule has 2 aliphatic rings. The van der Waals surface area contributed by atoms with Crippen LogP contribution in [0.5, 0.6) is 0 Å². The third-order valence-electron chi connectivity index (χ3n) is 4.92. The zero-order valence-electron chi connectivity index (χ0n) is 13.4. The van der Waals surface area contributed by atoms with E-state index in [1.165, 1.54) is 12.8 Å². The van der Waals surface area contributed by atoms with Gasteiger partial charge in [0.15, 0.2) is 0 Å². The molecule has 2 N–H and O–H groups in total. The Morgan fingerprint density at radius 3 is 2.59 bits per heavy atom. The molecular formula is C16H26ClN3O2. The van der Waals surface area contributed by atoms with Crippen molar-refractivity contribution in [3.05, 3.63) is 17.0 Å². The zero-order chi connectivity index (χ0) is 14.8. The van der Waals surface area contributed by atoms with Crippen molar-refractivity contribution >= 4 is 18.3 Å². The maximum absolute atomic E-state index is 12.1. The second-order valence-corrected chi connectivity index (χ2v) is 6.58. The van der Waals surface area contributed by atoms with Crippen LogP contribution in [0.4, 0.5) is 0 Å². The summed E-state index contributed by atoms with van der Waals surface area (Å²) in [7, 11) is 0. The van der Waals surface area contributed by atoms with Crippen LogP contribution in [0.15, 0.2) is 4.52 Å². The number of rotatable bonds is 5. The van der Waals surface area contributed by atoms with E-state index in [0.29, 0.717) is 31.0 Å². The van der Waals surface area contributed by atoms with Crippen LogP contribution in [0.3, 0.4) is 0 Å². The summed E-state index contributed by atoms with van der Waals surface area (Å²) in [4.78, 5) is 12.1. The highest BCUT2D eigenvalue weighted by atomic mass is 35.5. The number of nitrogens with zero attached hydrogens (tertiary/aromatic N) is 1. The minimum absolute atomic E-state index is 0. The molecule has 3 heterocycles. The lowest BCUT2D eigenvalue weighted by atomic mass is 9.89. The third-order valence-corrected chi connectivity index (χ3v) is 4.92. The molecule has 3 rings (SSSR count). The summed E-state index contributed by atoms with van der Waals surface area (Å²) >= 11 is 0. The average Bonchev–Trinajstić information content (AvgIpc) is 2.94. The molecule has 0 spiro atoms. The van der Waals surface area contributed by atoms with Gasteiger partial charge in [0.2, 0.25) is 5.91 Å². The number of aryl methyl sites for hydroxylation is 2. The fourth-order valence-electron chi connectivity index (χ4n) is 3.86. The van der Waals surface area contributed by atoms with Crippen molar-refractivity contribution in [1.82, 2.24) is 15.8 Å².